The summed E-state index contributed by atoms with van der Waals surface area (Å²) >= 11 is 1.33. The maximum absolute atomic E-state index is 11.7. The second-order valence-electron chi connectivity index (χ2n) is 3.70. The van der Waals surface area contributed by atoms with Crippen molar-refractivity contribution in [3.8, 4) is 0 Å². The van der Waals surface area contributed by atoms with Crippen molar-refractivity contribution in [1.29, 1.82) is 0 Å². The van der Waals surface area contributed by atoms with Crippen LogP contribution in [0.25, 0.3) is 0 Å². The van der Waals surface area contributed by atoms with E-state index in [9.17, 15) is 4.79 Å². The molecule has 94 valence electrons. The van der Waals surface area contributed by atoms with Gasteiger partial charge in [-0.3, -0.25) is 10.3 Å². The van der Waals surface area contributed by atoms with Gasteiger partial charge in [-0.15, -0.1) is 10.2 Å². The Morgan fingerprint density at radius 1 is 1.39 bits per heavy atom. The molecule has 6 nitrogen and oxygen atoms in total. The van der Waals surface area contributed by atoms with E-state index in [0.717, 1.165) is 10.7 Å². The predicted molar refractivity (Wildman–Crippen MR) is 69.5 cm³/mol. The number of hydrogen-bond donors (Lipinski definition) is 2. The van der Waals surface area contributed by atoms with Crippen molar-refractivity contribution < 1.29 is 4.79 Å². The molecule has 0 fully saturated rings. The van der Waals surface area contributed by atoms with Crippen LogP contribution < -0.4 is 10.6 Å². The number of pyridine rings is 1. The Morgan fingerprint density at radius 3 is 2.83 bits per heavy atom. The number of aryl methyl sites for hydroxylation is 1. The first-order chi connectivity index (χ1) is 8.65. The van der Waals surface area contributed by atoms with Crippen LogP contribution in [0.4, 0.5) is 9.93 Å². The Morgan fingerprint density at radius 2 is 2.22 bits per heavy atom. The molecule has 1 atom stereocenters. The van der Waals surface area contributed by atoms with Crippen molar-refractivity contribution in [2.75, 3.05) is 5.32 Å². The van der Waals surface area contributed by atoms with Gasteiger partial charge in [-0.2, -0.15) is 0 Å². The molecule has 0 saturated carbocycles. The van der Waals surface area contributed by atoms with Crippen LogP contribution in [-0.2, 0) is 0 Å². The first-order valence-corrected chi connectivity index (χ1v) is 6.25. The molecule has 0 aliphatic rings. The first-order valence-electron chi connectivity index (χ1n) is 5.43. The summed E-state index contributed by atoms with van der Waals surface area (Å²) in [4.78, 5) is 15.9. The molecule has 2 N–H and O–H groups in total. The molecule has 1 unspecified atom stereocenters. The molecule has 0 radical (unpaired) electrons. The molecule has 0 saturated heterocycles. The lowest BCUT2D eigenvalue weighted by Crippen LogP contribution is -2.31. The van der Waals surface area contributed by atoms with Crippen molar-refractivity contribution in [2.24, 2.45) is 0 Å². The zero-order chi connectivity index (χ0) is 13.0. The van der Waals surface area contributed by atoms with E-state index in [0.29, 0.717) is 5.13 Å². The van der Waals surface area contributed by atoms with Crippen LogP contribution in [0.3, 0.4) is 0 Å². The fourth-order valence-corrected chi connectivity index (χ4v) is 1.97. The SMILES string of the molecule is Cc1nnc(NC(=O)NC(C)c2ccccn2)s1. The summed E-state index contributed by atoms with van der Waals surface area (Å²) in [6, 6.07) is 5.09. The molecule has 0 aliphatic carbocycles. The van der Waals surface area contributed by atoms with Crippen LogP contribution >= 0.6 is 11.3 Å². The number of urea groups is 1. The largest absolute Gasteiger partial charge is 0.330 e. The van der Waals surface area contributed by atoms with E-state index in [1.807, 2.05) is 32.0 Å². The lowest BCUT2D eigenvalue weighted by Gasteiger charge is -2.12. The van der Waals surface area contributed by atoms with E-state index in [4.69, 9.17) is 0 Å². The molecule has 0 bridgehead atoms. The van der Waals surface area contributed by atoms with E-state index in [1.165, 1.54) is 11.3 Å². The summed E-state index contributed by atoms with van der Waals surface area (Å²) in [5, 5.41) is 14.3. The molecule has 0 aliphatic heterocycles. The van der Waals surface area contributed by atoms with Gasteiger partial charge in [-0.1, -0.05) is 17.4 Å². The summed E-state index contributed by atoms with van der Waals surface area (Å²) in [6.45, 7) is 3.70. The van der Waals surface area contributed by atoms with Crippen LogP contribution in [0, 0.1) is 6.92 Å². The second kappa shape index (κ2) is 5.54. The van der Waals surface area contributed by atoms with Gasteiger partial charge in [-0.25, -0.2) is 4.79 Å². The normalized spacial score (nSPS) is 11.9. The molecule has 0 spiro atoms. The van der Waals surface area contributed by atoms with E-state index < -0.39 is 0 Å². The first kappa shape index (κ1) is 12.4. The molecule has 2 rings (SSSR count). The Kier molecular flexibility index (Phi) is 3.83. The zero-order valence-corrected chi connectivity index (χ0v) is 10.9. The van der Waals surface area contributed by atoms with Gasteiger partial charge in [0.1, 0.15) is 5.01 Å². The average Bonchev–Trinajstić information content (AvgIpc) is 2.75. The summed E-state index contributed by atoms with van der Waals surface area (Å²) in [6.07, 6.45) is 1.69. The third-order valence-corrected chi connectivity index (χ3v) is 2.98. The van der Waals surface area contributed by atoms with Crippen molar-refractivity contribution in [3.05, 3.63) is 35.1 Å². The molecular weight excluding hydrogens is 250 g/mol. The van der Waals surface area contributed by atoms with E-state index in [2.05, 4.69) is 25.8 Å². The molecule has 0 aromatic carbocycles. The number of carbonyl (C=O) groups excluding carboxylic acids is 1. The Balaban J connectivity index is 1.92. The van der Waals surface area contributed by atoms with E-state index in [1.54, 1.807) is 6.20 Å². The fraction of sp³-hybridized carbons (Fsp3) is 0.273. The Labute approximate surface area is 108 Å². The highest BCUT2D eigenvalue weighted by Crippen LogP contribution is 2.14. The van der Waals surface area contributed by atoms with Gasteiger partial charge in [-0.05, 0) is 26.0 Å². The maximum Gasteiger partial charge on any atom is 0.321 e. The van der Waals surface area contributed by atoms with Gasteiger partial charge in [0.2, 0.25) is 5.13 Å². The van der Waals surface area contributed by atoms with E-state index >= 15 is 0 Å². The molecule has 2 amide bonds. The van der Waals surface area contributed by atoms with Crippen molar-refractivity contribution in [3.63, 3.8) is 0 Å². The highest BCUT2D eigenvalue weighted by atomic mass is 32.1. The third kappa shape index (κ3) is 3.24. The van der Waals surface area contributed by atoms with Crippen LogP contribution in [0.5, 0.6) is 0 Å². The smallest absolute Gasteiger partial charge is 0.321 e. The van der Waals surface area contributed by atoms with Crippen LogP contribution in [0.1, 0.15) is 23.7 Å². The Hall–Kier alpha value is -2.02. The lowest BCUT2D eigenvalue weighted by atomic mass is 10.2. The average molecular weight is 263 g/mol. The predicted octanol–water partition coefficient (Wildman–Crippen LogP) is 2.12. The lowest BCUT2D eigenvalue weighted by molar-refractivity contribution is 0.249. The number of anilines is 1. The summed E-state index contributed by atoms with van der Waals surface area (Å²) in [7, 11) is 0. The summed E-state index contributed by atoms with van der Waals surface area (Å²) < 4.78 is 0. The van der Waals surface area contributed by atoms with Crippen molar-refractivity contribution in [2.45, 2.75) is 19.9 Å². The number of hydrogen-bond acceptors (Lipinski definition) is 5. The van der Waals surface area contributed by atoms with Gasteiger partial charge in [0, 0.05) is 6.20 Å². The minimum atomic E-state index is -0.315. The van der Waals surface area contributed by atoms with Crippen LogP contribution in [-0.4, -0.2) is 21.2 Å². The van der Waals surface area contributed by atoms with Gasteiger partial charge >= 0.3 is 6.03 Å². The second-order valence-corrected chi connectivity index (χ2v) is 4.88. The number of aromatic nitrogens is 3. The zero-order valence-electron chi connectivity index (χ0n) is 10.0. The molecule has 18 heavy (non-hydrogen) atoms. The number of nitrogens with one attached hydrogen (secondary N) is 2. The third-order valence-electron chi connectivity index (χ3n) is 2.23. The van der Waals surface area contributed by atoms with Gasteiger partial charge in [0.05, 0.1) is 11.7 Å². The van der Waals surface area contributed by atoms with Crippen LogP contribution in [0.15, 0.2) is 24.4 Å². The maximum atomic E-state index is 11.7. The Bertz CT molecular complexity index is 527. The minimum Gasteiger partial charge on any atom is -0.330 e. The van der Waals surface area contributed by atoms with Gasteiger partial charge in [0.15, 0.2) is 0 Å². The minimum absolute atomic E-state index is 0.166. The molecule has 7 heteroatoms. The van der Waals surface area contributed by atoms with Gasteiger partial charge < -0.3 is 5.32 Å². The quantitative estimate of drug-likeness (QED) is 0.889. The molecular formula is C11H13N5OS. The summed E-state index contributed by atoms with van der Waals surface area (Å²) in [5.41, 5.74) is 0.807. The molecule has 2 aromatic heterocycles. The van der Waals surface area contributed by atoms with Crippen molar-refractivity contribution in [1.82, 2.24) is 20.5 Å². The summed E-state index contributed by atoms with van der Waals surface area (Å²) in [5.74, 6) is 0. The van der Waals surface area contributed by atoms with E-state index in [-0.39, 0.29) is 12.1 Å². The molecule has 2 heterocycles. The number of carbonyl (C=O) groups is 1. The molecule has 2 aromatic rings. The number of nitrogens with zero attached hydrogens (tertiary/aromatic N) is 3. The monoisotopic (exact) mass is 263 g/mol. The number of rotatable bonds is 3. The highest BCUT2D eigenvalue weighted by molar-refractivity contribution is 7.15. The number of amides is 2. The topological polar surface area (TPSA) is 79.8 Å². The highest BCUT2D eigenvalue weighted by Gasteiger charge is 2.11. The standard InChI is InChI=1S/C11H13N5OS/c1-7(9-5-3-4-6-12-9)13-10(17)14-11-16-15-8(2)18-11/h3-7H,1-2H3,(H2,13,14,16,17). The van der Waals surface area contributed by atoms with Gasteiger partial charge in [0.25, 0.3) is 0 Å². The fourth-order valence-electron chi connectivity index (χ4n) is 1.38. The van der Waals surface area contributed by atoms with Crippen molar-refractivity contribution >= 4 is 22.5 Å². The van der Waals surface area contributed by atoms with Crippen LogP contribution in [0.2, 0.25) is 0 Å².